The Morgan fingerprint density at radius 2 is 2.28 bits per heavy atom. The van der Waals surface area contributed by atoms with Crippen LogP contribution < -0.4 is 0 Å². The lowest BCUT2D eigenvalue weighted by atomic mass is 10.2. The number of hydrogen-bond donors (Lipinski definition) is 0. The number of methoxy groups -OCH3 is 1. The monoisotopic (exact) mass is 249 g/mol. The standard InChI is InChI=1S/C13H15NO4/c1-7-8(2)18-11-4-10(13(15)16-3)14(12(7)11)5-9-6-17-9/h4,9H,5-6H2,1-3H3/t9-/m0/s1. The molecule has 0 N–H and O–H groups in total. The Balaban J connectivity index is 2.18. The second kappa shape index (κ2) is 3.88. The summed E-state index contributed by atoms with van der Waals surface area (Å²) in [6, 6.07) is 1.74. The number of epoxide rings is 1. The van der Waals surface area contributed by atoms with Crippen molar-refractivity contribution in [3.8, 4) is 0 Å². The van der Waals surface area contributed by atoms with Gasteiger partial charge in [0.05, 0.1) is 31.9 Å². The predicted molar refractivity (Wildman–Crippen MR) is 64.8 cm³/mol. The lowest BCUT2D eigenvalue weighted by Gasteiger charge is -2.07. The maximum absolute atomic E-state index is 11.8. The van der Waals surface area contributed by atoms with E-state index < -0.39 is 0 Å². The third-order valence-corrected chi connectivity index (χ3v) is 3.39. The number of rotatable bonds is 3. The van der Waals surface area contributed by atoms with Crippen molar-refractivity contribution in [2.24, 2.45) is 0 Å². The largest absolute Gasteiger partial charge is 0.464 e. The molecule has 0 bridgehead atoms. The molecule has 1 saturated heterocycles. The molecule has 0 unspecified atom stereocenters. The molecule has 1 atom stereocenters. The minimum Gasteiger partial charge on any atom is -0.464 e. The number of hydrogen-bond acceptors (Lipinski definition) is 4. The molecule has 3 heterocycles. The summed E-state index contributed by atoms with van der Waals surface area (Å²) in [4.78, 5) is 11.8. The number of aromatic nitrogens is 1. The summed E-state index contributed by atoms with van der Waals surface area (Å²) in [5.41, 5.74) is 3.26. The predicted octanol–water partition coefficient (Wildman–Crippen LogP) is 2.04. The fourth-order valence-electron chi connectivity index (χ4n) is 2.24. The van der Waals surface area contributed by atoms with Crippen LogP contribution in [-0.2, 0) is 16.0 Å². The Morgan fingerprint density at radius 1 is 1.56 bits per heavy atom. The summed E-state index contributed by atoms with van der Waals surface area (Å²) >= 11 is 0. The Bertz CT molecular complexity index is 618. The Labute approximate surface area is 104 Å². The lowest BCUT2D eigenvalue weighted by molar-refractivity contribution is 0.0588. The fraction of sp³-hybridized carbons (Fsp3) is 0.462. The van der Waals surface area contributed by atoms with Gasteiger partial charge < -0.3 is 18.5 Å². The molecule has 1 fully saturated rings. The average Bonchev–Trinajstić information content (AvgIpc) is 3.04. The summed E-state index contributed by atoms with van der Waals surface area (Å²) in [7, 11) is 1.38. The van der Waals surface area contributed by atoms with E-state index in [-0.39, 0.29) is 12.1 Å². The Kier molecular flexibility index (Phi) is 2.45. The van der Waals surface area contributed by atoms with Crippen molar-refractivity contribution in [2.45, 2.75) is 26.5 Å². The normalized spacial score (nSPS) is 18.3. The number of carbonyl (C=O) groups is 1. The topological polar surface area (TPSA) is 56.9 Å². The molecule has 0 spiro atoms. The fourth-order valence-corrected chi connectivity index (χ4v) is 2.24. The average molecular weight is 249 g/mol. The van der Waals surface area contributed by atoms with Crippen molar-refractivity contribution in [3.05, 3.63) is 23.1 Å². The van der Waals surface area contributed by atoms with Crippen molar-refractivity contribution >= 4 is 17.1 Å². The van der Waals surface area contributed by atoms with Gasteiger partial charge in [-0.05, 0) is 13.8 Å². The minimum absolute atomic E-state index is 0.193. The number of esters is 1. The molecule has 5 heteroatoms. The van der Waals surface area contributed by atoms with Gasteiger partial charge in [0.1, 0.15) is 11.5 Å². The van der Waals surface area contributed by atoms with Gasteiger partial charge in [0.2, 0.25) is 0 Å². The van der Waals surface area contributed by atoms with Gasteiger partial charge >= 0.3 is 5.97 Å². The van der Waals surface area contributed by atoms with Crippen LogP contribution in [0.15, 0.2) is 10.5 Å². The molecule has 0 amide bonds. The van der Waals surface area contributed by atoms with Crippen LogP contribution >= 0.6 is 0 Å². The Morgan fingerprint density at radius 3 is 2.89 bits per heavy atom. The van der Waals surface area contributed by atoms with Crippen LogP contribution in [0.1, 0.15) is 21.8 Å². The second-order valence-electron chi connectivity index (χ2n) is 4.58. The first-order chi connectivity index (χ1) is 8.61. The van der Waals surface area contributed by atoms with E-state index >= 15 is 0 Å². The molecule has 18 heavy (non-hydrogen) atoms. The van der Waals surface area contributed by atoms with E-state index in [0.29, 0.717) is 12.2 Å². The van der Waals surface area contributed by atoms with E-state index in [2.05, 4.69) is 0 Å². The Hall–Kier alpha value is -1.75. The third-order valence-electron chi connectivity index (χ3n) is 3.39. The van der Waals surface area contributed by atoms with Gasteiger partial charge in [-0.25, -0.2) is 4.79 Å². The van der Waals surface area contributed by atoms with E-state index in [4.69, 9.17) is 13.9 Å². The summed E-state index contributed by atoms with van der Waals surface area (Å²) in [6.45, 7) is 5.32. The summed E-state index contributed by atoms with van der Waals surface area (Å²) in [6.07, 6.45) is 0.193. The van der Waals surface area contributed by atoms with E-state index in [1.165, 1.54) is 7.11 Å². The van der Waals surface area contributed by atoms with Crippen LogP contribution in [0.25, 0.3) is 11.1 Å². The van der Waals surface area contributed by atoms with Crippen LogP contribution in [0.3, 0.4) is 0 Å². The first-order valence-corrected chi connectivity index (χ1v) is 5.91. The van der Waals surface area contributed by atoms with Gasteiger partial charge in [-0.3, -0.25) is 0 Å². The van der Waals surface area contributed by atoms with Crippen LogP contribution in [0.4, 0.5) is 0 Å². The quantitative estimate of drug-likeness (QED) is 0.617. The molecule has 0 saturated carbocycles. The number of fused-ring (bicyclic) bond motifs is 1. The number of furan rings is 1. The molecule has 3 rings (SSSR count). The van der Waals surface area contributed by atoms with E-state index in [1.54, 1.807) is 6.07 Å². The van der Waals surface area contributed by atoms with Crippen molar-refractivity contribution in [1.29, 1.82) is 0 Å². The smallest absolute Gasteiger partial charge is 0.354 e. The number of carbonyl (C=O) groups excluding carboxylic acids is 1. The molecule has 5 nitrogen and oxygen atoms in total. The zero-order chi connectivity index (χ0) is 12.9. The molecule has 0 aromatic carbocycles. The van der Waals surface area contributed by atoms with Crippen molar-refractivity contribution < 1.29 is 18.7 Å². The van der Waals surface area contributed by atoms with E-state index in [9.17, 15) is 4.79 Å². The maximum atomic E-state index is 11.8. The van der Waals surface area contributed by atoms with E-state index in [1.807, 2.05) is 18.4 Å². The molecule has 0 radical (unpaired) electrons. The highest BCUT2D eigenvalue weighted by atomic mass is 16.6. The molecule has 96 valence electrons. The first-order valence-electron chi connectivity index (χ1n) is 5.91. The van der Waals surface area contributed by atoms with Gasteiger partial charge in [0.15, 0.2) is 5.58 Å². The molecule has 2 aromatic rings. The highest BCUT2D eigenvalue weighted by Crippen LogP contribution is 2.30. The van der Waals surface area contributed by atoms with Crippen LogP contribution in [-0.4, -0.2) is 30.4 Å². The van der Waals surface area contributed by atoms with Crippen LogP contribution in [0, 0.1) is 13.8 Å². The van der Waals surface area contributed by atoms with Gasteiger partial charge in [0, 0.05) is 11.6 Å². The number of ether oxygens (including phenoxy) is 2. The molecule has 0 aliphatic carbocycles. The summed E-state index contributed by atoms with van der Waals surface area (Å²) in [5, 5.41) is 0. The summed E-state index contributed by atoms with van der Waals surface area (Å²) in [5.74, 6) is 0.529. The molecular formula is C13H15NO4. The molecule has 1 aliphatic heterocycles. The van der Waals surface area contributed by atoms with Crippen molar-refractivity contribution in [3.63, 3.8) is 0 Å². The van der Waals surface area contributed by atoms with Crippen molar-refractivity contribution in [1.82, 2.24) is 4.57 Å². The molecule has 1 aliphatic rings. The van der Waals surface area contributed by atoms with Crippen LogP contribution in [0.2, 0.25) is 0 Å². The number of nitrogens with zero attached hydrogens (tertiary/aromatic N) is 1. The van der Waals surface area contributed by atoms with Gasteiger partial charge in [0.25, 0.3) is 0 Å². The highest BCUT2D eigenvalue weighted by Gasteiger charge is 2.28. The lowest BCUT2D eigenvalue weighted by Crippen LogP contribution is -2.13. The second-order valence-corrected chi connectivity index (χ2v) is 4.58. The zero-order valence-electron chi connectivity index (χ0n) is 10.6. The maximum Gasteiger partial charge on any atom is 0.354 e. The number of aryl methyl sites for hydroxylation is 2. The first kappa shape index (κ1) is 11.3. The van der Waals surface area contributed by atoms with Gasteiger partial charge in [-0.2, -0.15) is 0 Å². The van der Waals surface area contributed by atoms with Gasteiger partial charge in [-0.15, -0.1) is 0 Å². The van der Waals surface area contributed by atoms with Crippen LogP contribution in [0.5, 0.6) is 0 Å². The minimum atomic E-state index is -0.348. The molecule has 2 aromatic heterocycles. The van der Waals surface area contributed by atoms with Crippen molar-refractivity contribution in [2.75, 3.05) is 13.7 Å². The van der Waals surface area contributed by atoms with E-state index in [0.717, 1.165) is 29.0 Å². The molecular weight excluding hydrogens is 234 g/mol. The third kappa shape index (κ3) is 1.62. The SMILES string of the molecule is COC(=O)c1cc2oc(C)c(C)c2n1C[C@H]1CO1. The highest BCUT2D eigenvalue weighted by molar-refractivity contribution is 5.95. The van der Waals surface area contributed by atoms with Gasteiger partial charge in [-0.1, -0.05) is 0 Å². The summed E-state index contributed by atoms with van der Waals surface area (Å²) < 4.78 is 17.6. The zero-order valence-corrected chi connectivity index (χ0v) is 10.6.